The predicted octanol–water partition coefficient (Wildman–Crippen LogP) is 3.14. The molecule has 0 bridgehead atoms. The number of carbonyl (C=O) groups is 1. The van der Waals surface area contributed by atoms with Gasteiger partial charge in [-0.15, -0.1) is 0 Å². The van der Waals surface area contributed by atoms with Crippen molar-refractivity contribution in [2.75, 3.05) is 23.3 Å². The Hall–Kier alpha value is -2.27. The third kappa shape index (κ3) is 3.49. The lowest BCUT2D eigenvalue weighted by molar-refractivity contribution is 0.249. The number of carbonyl (C=O) groups excluding carboxylic acids is 1. The van der Waals surface area contributed by atoms with Gasteiger partial charge in [-0.2, -0.15) is 0 Å². The molecule has 1 aliphatic rings. The summed E-state index contributed by atoms with van der Waals surface area (Å²) in [5.74, 6) is 0.943. The van der Waals surface area contributed by atoms with Crippen LogP contribution in [-0.4, -0.2) is 30.1 Å². The third-order valence-electron chi connectivity index (χ3n) is 3.62. The molecule has 3 rings (SSSR count). The van der Waals surface area contributed by atoms with E-state index in [9.17, 15) is 4.79 Å². The number of amides is 2. The lowest BCUT2D eigenvalue weighted by Gasteiger charge is -2.18. The number of halogens is 1. The Labute approximate surface area is 134 Å². The summed E-state index contributed by atoms with van der Waals surface area (Å²) in [5, 5.41) is 6.28. The maximum absolute atomic E-state index is 12.0. The summed E-state index contributed by atoms with van der Waals surface area (Å²) in [7, 11) is 0. The molecule has 6 heteroatoms. The molecule has 0 spiro atoms. The van der Waals surface area contributed by atoms with E-state index in [4.69, 9.17) is 11.6 Å². The zero-order valence-corrected chi connectivity index (χ0v) is 12.8. The molecule has 1 aromatic carbocycles. The Morgan fingerprint density at radius 1 is 1.23 bits per heavy atom. The molecule has 1 saturated heterocycles. The van der Waals surface area contributed by atoms with Gasteiger partial charge in [-0.05, 0) is 30.7 Å². The maximum Gasteiger partial charge on any atom is 0.319 e. The molecule has 1 aromatic heterocycles. The second kappa shape index (κ2) is 6.66. The van der Waals surface area contributed by atoms with Gasteiger partial charge in [0.1, 0.15) is 5.82 Å². The number of para-hydroxylation sites is 1. The number of rotatable bonds is 3. The van der Waals surface area contributed by atoms with E-state index in [0.29, 0.717) is 10.7 Å². The van der Waals surface area contributed by atoms with Crippen molar-refractivity contribution in [2.24, 2.45) is 0 Å². The van der Waals surface area contributed by atoms with Gasteiger partial charge in [0.05, 0.1) is 10.7 Å². The molecule has 2 heterocycles. The number of hydrogen-bond donors (Lipinski definition) is 2. The Morgan fingerprint density at radius 2 is 2.05 bits per heavy atom. The number of benzene rings is 1. The lowest BCUT2D eigenvalue weighted by atomic mass is 10.3. The van der Waals surface area contributed by atoms with Gasteiger partial charge in [0.2, 0.25) is 0 Å². The number of pyridine rings is 1. The second-order valence-electron chi connectivity index (χ2n) is 5.20. The van der Waals surface area contributed by atoms with Gasteiger partial charge in [-0.3, -0.25) is 0 Å². The molecule has 0 aliphatic carbocycles. The van der Waals surface area contributed by atoms with E-state index in [1.54, 1.807) is 18.3 Å². The molecule has 1 atom stereocenters. The van der Waals surface area contributed by atoms with Crippen LogP contribution in [-0.2, 0) is 0 Å². The van der Waals surface area contributed by atoms with Crippen LogP contribution in [0.15, 0.2) is 48.7 Å². The Balaban J connectivity index is 1.54. The van der Waals surface area contributed by atoms with E-state index < -0.39 is 0 Å². The summed E-state index contributed by atoms with van der Waals surface area (Å²) < 4.78 is 0. The van der Waals surface area contributed by atoms with Crippen molar-refractivity contribution in [2.45, 2.75) is 12.5 Å². The van der Waals surface area contributed by atoms with Gasteiger partial charge >= 0.3 is 6.03 Å². The van der Waals surface area contributed by atoms with Gasteiger partial charge in [0.15, 0.2) is 0 Å². The third-order valence-corrected chi connectivity index (χ3v) is 3.95. The lowest BCUT2D eigenvalue weighted by Crippen LogP contribution is -2.39. The second-order valence-corrected chi connectivity index (χ2v) is 5.61. The first kappa shape index (κ1) is 14.7. The van der Waals surface area contributed by atoms with E-state index in [-0.39, 0.29) is 12.1 Å². The zero-order chi connectivity index (χ0) is 15.4. The van der Waals surface area contributed by atoms with Gasteiger partial charge in [-0.1, -0.05) is 29.8 Å². The molecule has 114 valence electrons. The summed E-state index contributed by atoms with van der Waals surface area (Å²) in [6, 6.07) is 12.9. The highest BCUT2D eigenvalue weighted by Gasteiger charge is 2.24. The van der Waals surface area contributed by atoms with E-state index in [2.05, 4.69) is 20.5 Å². The van der Waals surface area contributed by atoms with Gasteiger partial charge < -0.3 is 15.5 Å². The van der Waals surface area contributed by atoms with Gasteiger partial charge in [0.25, 0.3) is 0 Å². The van der Waals surface area contributed by atoms with Crippen molar-refractivity contribution in [3.63, 3.8) is 0 Å². The number of nitrogens with one attached hydrogen (secondary N) is 2. The van der Waals surface area contributed by atoms with Crippen molar-refractivity contribution in [3.8, 4) is 0 Å². The first-order valence-electron chi connectivity index (χ1n) is 7.20. The highest BCUT2D eigenvalue weighted by atomic mass is 35.5. The van der Waals surface area contributed by atoms with E-state index >= 15 is 0 Å². The number of anilines is 2. The minimum absolute atomic E-state index is 0.101. The average molecular weight is 317 g/mol. The Bertz CT molecular complexity index is 650. The summed E-state index contributed by atoms with van der Waals surface area (Å²) in [6.07, 6.45) is 2.67. The number of hydrogen-bond acceptors (Lipinski definition) is 3. The van der Waals surface area contributed by atoms with Crippen molar-refractivity contribution in [1.29, 1.82) is 0 Å². The van der Waals surface area contributed by atoms with Crippen LogP contribution < -0.4 is 15.5 Å². The van der Waals surface area contributed by atoms with Gasteiger partial charge in [-0.25, -0.2) is 9.78 Å². The van der Waals surface area contributed by atoms with Crippen LogP contribution in [0.4, 0.5) is 16.3 Å². The van der Waals surface area contributed by atoms with Crippen LogP contribution in [0.3, 0.4) is 0 Å². The fourth-order valence-electron chi connectivity index (χ4n) is 2.53. The molecule has 1 unspecified atom stereocenters. The molecular formula is C16H17ClN4O. The van der Waals surface area contributed by atoms with Crippen LogP contribution >= 0.6 is 11.6 Å². The van der Waals surface area contributed by atoms with E-state index in [0.717, 1.165) is 25.3 Å². The molecule has 5 nitrogen and oxygen atoms in total. The predicted molar refractivity (Wildman–Crippen MR) is 88.5 cm³/mol. The Kier molecular flexibility index (Phi) is 4.44. The van der Waals surface area contributed by atoms with Crippen LogP contribution in [0, 0.1) is 0 Å². The molecule has 0 saturated carbocycles. The summed E-state index contributed by atoms with van der Waals surface area (Å²) >= 11 is 6.03. The molecule has 2 amide bonds. The van der Waals surface area contributed by atoms with Crippen LogP contribution in [0.1, 0.15) is 6.42 Å². The molecule has 2 aromatic rings. The largest absolute Gasteiger partial charge is 0.354 e. The minimum atomic E-state index is -0.235. The van der Waals surface area contributed by atoms with Crippen molar-refractivity contribution >= 4 is 29.1 Å². The quantitative estimate of drug-likeness (QED) is 0.914. The van der Waals surface area contributed by atoms with Crippen LogP contribution in [0.5, 0.6) is 0 Å². The van der Waals surface area contributed by atoms with Crippen molar-refractivity contribution in [1.82, 2.24) is 10.3 Å². The first-order chi connectivity index (χ1) is 10.7. The normalized spacial score (nSPS) is 17.3. The molecule has 22 heavy (non-hydrogen) atoms. The number of aromatic nitrogens is 1. The van der Waals surface area contributed by atoms with Crippen molar-refractivity contribution in [3.05, 3.63) is 53.7 Å². The summed E-state index contributed by atoms with van der Waals surface area (Å²) in [4.78, 5) is 18.5. The topological polar surface area (TPSA) is 57.3 Å². The van der Waals surface area contributed by atoms with Gasteiger partial charge in [0, 0.05) is 25.3 Å². The van der Waals surface area contributed by atoms with Crippen LogP contribution in [0.25, 0.3) is 0 Å². The first-order valence-corrected chi connectivity index (χ1v) is 7.58. The summed E-state index contributed by atoms with van der Waals surface area (Å²) in [5.41, 5.74) is 0.612. The smallest absolute Gasteiger partial charge is 0.319 e. The van der Waals surface area contributed by atoms with Crippen molar-refractivity contribution < 1.29 is 4.79 Å². The van der Waals surface area contributed by atoms with Crippen LogP contribution in [0.2, 0.25) is 5.02 Å². The number of nitrogens with zero attached hydrogens (tertiary/aromatic N) is 2. The molecule has 1 fully saturated rings. The highest BCUT2D eigenvalue weighted by Crippen LogP contribution is 2.21. The zero-order valence-electron chi connectivity index (χ0n) is 12.0. The maximum atomic E-state index is 12.0. The molecule has 0 radical (unpaired) electrons. The average Bonchev–Trinajstić information content (AvgIpc) is 2.99. The molecular weight excluding hydrogens is 300 g/mol. The number of urea groups is 1. The fraction of sp³-hybridized carbons (Fsp3) is 0.250. The minimum Gasteiger partial charge on any atom is -0.354 e. The molecule has 1 aliphatic heterocycles. The highest BCUT2D eigenvalue weighted by molar-refractivity contribution is 6.33. The monoisotopic (exact) mass is 316 g/mol. The van der Waals surface area contributed by atoms with E-state index in [1.165, 1.54) is 0 Å². The standard InChI is InChI=1S/C16H17ClN4O/c17-13-5-1-2-6-14(13)20-16(22)19-12-8-10-21(11-12)15-7-3-4-9-18-15/h1-7,9,12H,8,10-11H2,(H2,19,20,22). The molecule has 2 N–H and O–H groups in total. The fourth-order valence-corrected chi connectivity index (χ4v) is 2.72. The van der Waals surface area contributed by atoms with E-state index in [1.807, 2.05) is 30.3 Å². The summed E-state index contributed by atoms with van der Waals surface area (Å²) in [6.45, 7) is 1.64. The Morgan fingerprint density at radius 3 is 2.82 bits per heavy atom. The SMILES string of the molecule is O=C(Nc1ccccc1Cl)NC1CCN(c2ccccn2)C1.